The fourth-order valence-corrected chi connectivity index (χ4v) is 2.58. The topological polar surface area (TPSA) is 24.9 Å². The Balaban J connectivity index is 1.76. The molecule has 1 heterocycles. The van der Waals surface area contributed by atoms with E-state index < -0.39 is 0 Å². The molecular weight excluding hydrogens is 280 g/mol. The first kappa shape index (κ1) is 14.1. The average Bonchev–Trinajstić information content (AvgIpc) is 2.53. The molecule has 0 radical (unpaired) electrons. The second-order valence-electron chi connectivity index (χ2n) is 5.17. The highest BCUT2D eigenvalue weighted by Gasteiger charge is 2.06. The minimum absolute atomic E-state index is 0.265. The summed E-state index contributed by atoms with van der Waals surface area (Å²) in [6.45, 7) is 2.94. The van der Waals surface area contributed by atoms with Gasteiger partial charge in [-0.05, 0) is 35.6 Å². The summed E-state index contributed by atoms with van der Waals surface area (Å²) in [6.07, 6.45) is 3.84. The normalized spacial score (nSPS) is 12.5. The maximum atomic E-state index is 5.93. The fourth-order valence-electron chi connectivity index (χ4n) is 2.45. The third kappa shape index (κ3) is 3.23. The number of nitrogens with zero attached hydrogens (tertiary/aromatic N) is 1. The molecule has 0 fully saturated rings. The first-order valence-electron chi connectivity index (χ1n) is 7.04. The summed E-state index contributed by atoms with van der Waals surface area (Å²) >= 11 is 5.93. The van der Waals surface area contributed by atoms with Crippen LogP contribution >= 0.6 is 11.6 Å². The molecule has 1 aromatic heterocycles. The van der Waals surface area contributed by atoms with Crippen molar-refractivity contribution in [2.24, 2.45) is 0 Å². The Labute approximate surface area is 129 Å². The highest BCUT2D eigenvalue weighted by atomic mass is 35.5. The van der Waals surface area contributed by atoms with Crippen molar-refractivity contribution in [3.63, 3.8) is 0 Å². The van der Waals surface area contributed by atoms with E-state index in [2.05, 4.69) is 47.6 Å². The van der Waals surface area contributed by atoms with Gasteiger partial charge in [-0.3, -0.25) is 4.98 Å². The van der Waals surface area contributed by atoms with E-state index in [9.17, 15) is 0 Å². The van der Waals surface area contributed by atoms with Crippen molar-refractivity contribution in [2.75, 3.05) is 0 Å². The molecule has 0 saturated carbocycles. The molecule has 3 aromatic rings. The van der Waals surface area contributed by atoms with Crippen LogP contribution in [0, 0.1) is 0 Å². The lowest BCUT2D eigenvalue weighted by atomic mass is 10.1. The van der Waals surface area contributed by atoms with Crippen molar-refractivity contribution in [3.05, 3.63) is 77.1 Å². The molecular formula is C18H17ClN2. The maximum absolute atomic E-state index is 5.93. The molecule has 0 amide bonds. The molecule has 2 nitrogen and oxygen atoms in total. The number of hydrogen-bond acceptors (Lipinski definition) is 2. The zero-order valence-corrected chi connectivity index (χ0v) is 12.6. The van der Waals surface area contributed by atoms with E-state index in [-0.39, 0.29) is 6.04 Å². The van der Waals surface area contributed by atoms with Gasteiger partial charge in [0.25, 0.3) is 0 Å². The summed E-state index contributed by atoms with van der Waals surface area (Å²) in [6, 6.07) is 16.6. The number of aromatic nitrogens is 1. The van der Waals surface area contributed by atoms with Crippen LogP contribution in [0.3, 0.4) is 0 Å². The molecule has 0 aliphatic heterocycles. The van der Waals surface area contributed by atoms with Crippen molar-refractivity contribution in [1.29, 1.82) is 0 Å². The van der Waals surface area contributed by atoms with Gasteiger partial charge in [-0.15, -0.1) is 0 Å². The Morgan fingerprint density at radius 3 is 2.62 bits per heavy atom. The van der Waals surface area contributed by atoms with E-state index in [4.69, 9.17) is 11.6 Å². The molecule has 0 saturated heterocycles. The summed E-state index contributed by atoms with van der Waals surface area (Å²) < 4.78 is 0. The number of benzene rings is 2. The minimum Gasteiger partial charge on any atom is -0.306 e. The number of fused-ring (bicyclic) bond motifs is 1. The minimum atomic E-state index is 0.265. The van der Waals surface area contributed by atoms with E-state index in [0.29, 0.717) is 0 Å². The Bertz CT molecular complexity index is 732. The van der Waals surface area contributed by atoms with Crippen molar-refractivity contribution >= 4 is 22.4 Å². The highest BCUT2D eigenvalue weighted by molar-refractivity contribution is 6.30. The monoisotopic (exact) mass is 296 g/mol. The third-order valence-electron chi connectivity index (χ3n) is 3.72. The van der Waals surface area contributed by atoms with Crippen molar-refractivity contribution in [2.45, 2.75) is 19.5 Å². The largest absolute Gasteiger partial charge is 0.306 e. The lowest BCUT2D eigenvalue weighted by Gasteiger charge is -2.15. The SMILES string of the molecule is CC(NCc1cncc2ccccc12)c1ccc(Cl)cc1. The number of halogens is 1. The molecule has 0 aliphatic carbocycles. The van der Waals surface area contributed by atoms with Crippen molar-refractivity contribution in [3.8, 4) is 0 Å². The van der Waals surface area contributed by atoms with Crippen LogP contribution in [-0.2, 0) is 6.54 Å². The van der Waals surface area contributed by atoms with E-state index in [1.165, 1.54) is 21.9 Å². The molecule has 3 rings (SSSR count). The van der Waals surface area contributed by atoms with Gasteiger partial charge in [-0.2, -0.15) is 0 Å². The molecule has 0 bridgehead atoms. The van der Waals surface area contributed by atoms with Crippen LogP contribution in [0.5, 0.6) is 0 Å². The Morgan fingerprint density at radius 2 is 1.81 bits per heavy atom. The van der Waals surface area contributed by atoms with Gasteiger partial charge in [-0.25, -0.2) is 0 Å². The second-order valence-corrected chi connectivity index (χ2v) is 5.61. The number of hydrogen-bond donors (Lipinski definition) is 1. The van der Waals surface area contributed by atoms with Crippen LogP contribution in [0.4, 0.5) is 0 Å². The molecule has 0 aliphatic rings. The summed E-state index contributed by atoms with van der Waals surface area (Å²) in [5.74, 6) is 0. The van der Waals surface area contributed by atoms with Gasteiger partial charge in [0.15, 0.2) is 0 Å². The van der Waals surface area contributed by atoms with E-state index in [0.717, 1.165) is 11.6 Å². The second kappa shape index (κ2) is 6.25. The van der Waals surface area contributed by atoms with E-state index in [1.807, 2.05) is 30.6 Å². The molecule has 21 heavy (non-hydrogen) atoms. The van der Waals surface area contributed by atoms with Crippen molar-refractivity contribution in [1.82, 2.24) is 10.3 Å². The molecule has 2 aromatic carbocycles. The van der Waals surface area contributed by atoms with Gasteiger partial charge >= 0.3 is 0 Å². The van der Waals surface area contributed by atoms with Gasteiger partial charge in [0, 0.05) is 35.4 Å². The van der Waals surface area contributed by atoms with Crippen LogP contribution in [0.1, 0.15) is 24.1 Å². The van der Waals surface area contributed by atoms with Gasteiger partial charge in [0.2, 0.25) is 0 Å². The van der Waals surface area contributed by atoms with Crippen LogP contribution in [0.15, 0.2) is 60.9 Å². The summed E-state index contributed by atoms with van der Waals surface area (Å²) in [5, 5.41) is 6.74. The van der Waals surface area contributed by atoms with Crippen LogP contribution in [-0.4, -0.2) is 4.98 Å². The quantitative estimate of drug-likeness (QED) is 0.752. The van der Waals surface area contributed by atoms with Crippen molar-refractivity contribution < 1.29 is 0 Å². The van der Waals surface area contributed by atoms with Crippen LogP contribution in [0.25, 0.3) is 10.8 Å². The molecule has 1 N–H and O–H groups in total. The predicted molar refractivity (Wildman–Crippen MR) is 88.4 cm³/mol. The third-order valence-corrected chi connectivity index (χ3v) is 3.97. The first-order valence-corrected chi connectivity index (χ1v) is 7.42. The molecule has 106 valence electrons. The number of pyridine rings is 1. The molecule has 1 unspecified atom stereocenters. The van der Waals surface area contributed by atoms with Crippen LogP contribution < -0.4 is 5.32 Å². The standard InChI is InChI=1S/C18H17ClN2/c1-13(14-6-8-17(19)9-7-14)21-12-16-11-20-10-15-4-2-3-5-18(15)16/h2-11,13,21H,12H2,1H3. The maximum Gasteiger partial charge on any atom is 0.0406 e. The summed E-state index contributed by atoms with van der Waals surface area (Å²) in [4.78, 5) is 4.32. The average molecular weight is 297 g/mol. The number of rotatable bonds is 4. The summed E-state index contributed by atoms with van der Waals surface area (Å²) in [5.41, 5.74) is 2.45. The van der Waals surface area contributed by atoms with Crippen LogP contribution in [0.2, 0.25) is 5.02 Å². The Morgan fingerprint density at radius 1 is 1.05 bits per heavy atom. The first-order chi connectivity index (χ1) is 10.2. The molecule has 0 spiro atoms. The Hall–Kier alpha value is -1.90. The van der Waals surface area contributed by atoms with Gasteiger partial charge in [0.05, 0.1) is 0 Å². The van der Waals surface area contributed by atoms with E-state index in [1.54, 1.807) is 0 Å². The zero-order valence-electron chi connectivity index (χ0n) is 11.9. The zero-order chi connectivity index (χ0) is 14.7. The predicted octanol–water partition coefficient (Wildman–Crippen LogP) is 4.74. The van der Waals surface area contributed by atoms with Gasteiger partial charge < -0.3 is 5.32 Å². The number of nitrogens with one attached hydrogen (secondary N) is 1. The van der Waals surface area contributed by atoms with E-state index >= 15 is 0 Å². The molecule has 3 heteroatoms. The lowest BCUT2D eigenvalue weighted by molar-refractivity contribution is 0.576. The van der Waals surface area contributed by atoms with Gasteiger partial charge in [-0.1, -0.05) is 48.0 Å². The molecule has 1 atom stereocenters. The lowest BCUT2D eigenvalue weighted by Crippen LogP contribution is -2.18. The smallest absolute Gasteiger partial charge is 0.0406 e. The Kier molecular flexibility index (Phi) is 4.18. The summed E-state index contributed by atoms with van der Waals surface area (Å²) in [7, 11) is 0. The fraction of sp³-hybridized carbons (Fsp3) is 0.167. The highest BCUT2D eigenvalue weighted by Crippen LogP contribution is 2.19. The van der Waals surface area contributed by atoms with Gasteiger partial charge in [0.1, 0.15) is 0 Å².